The summed E-state index contributed by atoms with van der Waals surface area (Å²) < 4.78 is 26.0. The van der Waals surface area contributed by atoms with Gasteiger partial charge in [-0.25, -0.2) is 8.78 Å². The van der Waals surface area contributed by atoms with Crippen molar-refractivity contribution in [1.29, 1.82) is 0 Å². The van der Waals surface area contributed by atoms with Crippen LogP contribution in [0.25, 0.3) is 0 Å². The summed E-state index contributed by atoms with van der Waals surface area (Å²) in [6.07, 6.45) is 0.610. The Bertz CT molecular complexity index is 136. The van der Waals surface area contributed by atoms with Gasteiger partial charge in [-0.1, -0.05) is 6.92 Å². The topological polar surface area (TPSA) is 3.24 Å². The number of hydrogen-bond acceptors (Lipinski definition) is 1. The summed E-state index contributed by atoms with van der Waals surface area (Å²) in [5.41, 5.74) is 0. The molecule has 0 saturated carbocycles. The third-order valence-corrected chi connectivity index (χ3v) is 2.45. The molecule has 0 aromatic heterocycles. The first-order chi connectivity index (χ1) is 5.06. The molecule has 0 aliphatic carbocycles. The van der Waals surface area contributed by atoms with Crippen LogP contribution in [0.1, 0.15) is 19.8 Å². The molecular weight excluding hydrogens is 148 g/mol. The van der Waals surface area contributed by atoms with Crippen LogP contribution in [-0.4, -0.2) is 31.0 Å². The van der Waals surface area contributed by atoms with Crippen LogP contribution in [0.15, 0.2) is 0 Å². The summed E-state index contributed by atoms with van der Waals surface area (Å²) in [7, 11) is 1.90. The molecule has 0 unspecified atom stereocenters. The van der Waals surface area contributed by atoms with Crippen LogP contribution >= 0.6 is 0 Å². The van der Waals surface area contributed by atoms with Gasteiger partial charge in [-0.15, -0.1) is 0 Å². The number of halogens is 2. The Morgan fingerprint density at radius 2 is 2.18 bits per heavy atom. The van der Waals surface area contributed by atoms with Gasteiger partial charge in [0.15, 0.2) is 0 Å². The maximum atomic E-state index is 13.0. The number of likely N-dealkylation sites (tertiary alicyclic amines) is 1. The van der Waals surface area contributed by atoms with Crippen molar-refractivity contribution in [3.63, 3.8) is 0 Å². The van der Waals surface area contributed by atoms with Crippen molar-refractivity contribution in [2.45, 2.75) is 25.7 Å². The van der Waals surface area contributed by atoms with E-state index in [4.69, 9.17) is 0 Å². The average Bonchev–Trinajstić information content (AvgIpc) is 1.94. The molecule has 0 aromatic rings. The summed E-state index contributed by atoms with van der Waals surface area (Å²) in [5, 5.41) is 0. The first kappa shape index (κ1) is 8.91. The largest absolute Gasteiger partial charge is 0.306 e. The standard InChI is InChI=1S/C8H15F2N/c1-3-7-6-11(2)5-4-8(7,9)10/h7H,3-6H2,1-2H3/t7-/m1/s1. The van der Waals surface area contributed by atoms with Crippen molar-refractivity contribution in [1.82, 2.24) is 4.90 Å². The van der Waals surface area contributed by atoms with Gasteiger partial charge < -0.3 is 4.90 Å². The Kier molecular flexibility index (Phi) is 2.47. The molecule has 0 N–H and O–H groups in total. The van der Waals surface area contributed by atoms with E-state index in [0.29, 0.717) is 19.5 Å². The van der Waals surface area contributed by atoms with E-state index < -0.39 is 11.8 Å². The fraction of sp³-hybridized carbons (Fsp3) is 1.00. The van der Waals surface area contributed by atoms with Gasteiger partial charge in [0, 0.05) is 25.4 Å². The molecule has 1 atom stereocenters. The fourth-order valence-electron chi connectivity index (χ4n) is 1.57. The molecule has 66 valence electrons. The Morgan fingerprint density at radius 1 is 1.55 bits per heavy atom. The van der Waals surface area contributed by atoms with Crippen molar-refractivity contribution in [2.24, 2.45) is 5.92 Å². The lowest BCUT2D eigenvalue weighted by molar-refractivity contribution is -0.102. The number of rotatable bonds is 1. The molecule has 1 fully saturated rings. The highest BCUT2D eigenvalue weighted by atomic mass is 19.3. The maximum absolute atomic E-state index is 13.0. The third kappa shape index (κ3) is 1.89. The minimum Gasteiger partial charge on any atom is -0.306 e. The molecule has 0 bridgehead atoms. The number of piperidine rings is 1. The molecule has 1 aliphatic rings. The van der Waals surface area contributed by atoms with E-state index in [1.54, 1.807) is 0 Å². The highest BCUT2D eigenvalue weighted by molar-refractivity contribution is 4.83. The highest BCUT2D eigenvalue weighted by Gasteiger charge is 2.41. The molecule has 0 radical (unpaired) electrons. The lowest BCUT2D eigenvalue weighted by Gasteiger charge is -2.35. The number of nitrogens with zero attached hydrogens (tertiary/aromatic N) is 1. The van der Waals surface area contributed by atoms with Crippen molar-refractivity contribution in [3.8, 4) is 0 Å². The number of hydrogen-bond donors (Lipinski definition) is 0. The summed E-state index contributed by atoms with van der Waals surface area (Å²) in [4.78, 5) is 1.98. The predicted octanol–water partition coefficient (Wildman–Crippen LogP) is 1.98. The average molecular weight is 163 g/mol. The van der Waals surface area contributed by atoms with Crippen molar-refractivity contribution >= 4 is 0 Å². The van der Waals surface area contributed by atoms with E-state index in [1.807, 2.05) is 18.9 Å². The van der Waals surface area contributed by atoms with Crippen LogP contribution in [-0.2, 0) is 0 Å². The minimum atomic E-state index is -2.42. The van der Waals surface area contributed by atoms with E-state index in [2.05, 4.69) is 0 Å². The Hall–Kier alpha value is -0.180. The first-order valence-electron chi connectivity index (χ1n) is 4.12. The van der Waals surface area contributed by atoms with Crippen LogP contribution in [0.3, 0.4) is 0 Å². The zero-order valence-electron chi connectivity index (χ0n) is 7.11. The second-order valence-electron chi connectivity index (χ2n) is 3.38. The van der Waals surface area contributed by atoms with E-state index in [-0.39, 0.29) is 6.42 Å². The van der Waals surface area contributed by atoms with E-state index in [1.165, 1.54) is 0 Å². The molecule has 1 heterocycles. The Labute approximate surface area is 66.4 Å². The Morgan fingerprint density at radius 3 is 2.64 bits per heavy atom. The highest BCUT2D eigenvalue weighted by Crippen LogP contribution is 2.34. The zero-order chi connectivity index (χ0) is 8.48. The van der Waals surface area contributed by atoms with Crippen LogP contribution < -0.4 is 0 Å². The molecule has 0 amide bonds. The zero-order valence-corrected chi connectivity index (χ0v) is 7.11. The summed E-state index contributed by atoms with van der Waals surface area (Å²) >= 11 is 0. The molecule has 1 rings (SSSR count). The maximum Gasteiger partial charge on any atom is 0.253 e. The quantitative estimate of drug-likeness (QED) is 0.571. The van der Waals surface area contributed by atoms with Crippen LogP contribution in [0.5, 0.6) is 0 Å². The SMILES string of the molecule is CC[C@@H]1CN(C)CCC1(F)F. The number of alkyl halides is 2. The summed E-state index contributed by atoms with van der Waals surface area (Å²) in [5.74, 6) is -2.84. The second kappa shape index (κ2) is 3.05. The monoisotopic (exact) mass is 163 g/mol. The summed E-state index contributed by atoms with van der Waals surface area (Å²) in [6.45, 7) is 2.91. The molecular formula is C8H15F2N. The van der Waals surface area contributed by atoms with Crippen molar-refractivity contribution < 1.29 is 8.78 Å². The molecule has 0 aromatic carbocycles. The van der Waals surface area contributed by atoms with Crippen molar-refractivity contribution in [3.05, 3.63) is 0 Å². The van der Waals surface area contributed by atoms with Gasteiger partial charge in [-0.05, 0) is 13.5 Å². The van der Waals surface area contributed by atoms with Gasteiger partial charge in [-0.3, -0.25) is 0 Å². The molecule has 1 nitrogen and oxygen atoms in total. The molecule has 3 heteroatoms. The Balaban J connectivity index is 2.56. The van der Waals surface area contributed by atoms with E-state index >= 15 is 0 Å². The van der Waals surface area contributed by atoms with Gasteiger partial charge >= 0.3 is 0 Å². The van der Waals surface area contributed by atoms with Gasteiger partial charge in [0.2, 0.25) is 0 Å². The normalized spacial score (nSPS) is 32.2. The third-order valence-electron chi connectivity index (χ3n) is 2.45. The van der Waals surface area contributed by atoms with Gasteiger partial charge in [0.05, 0.1) is 0 Å². The lowest BCUT2D eigenvalue weighted by Crippen LogP contribution is -2.45. The van der Waals surface area contributed by atoms with Crippen molar-refractivity contribution in [2.75, 3.05) is 20.1 Å². The summed E-state index contributed by atoms with van der Waals surface area (Å²) in [6, 6.07) is 0. The lowest BCUT2D eigenvalue weighted by atomic mass is 9.92. The molecule has 1 saturated heterocycles. The fourth-order valence-corrected chi connectivity index (χ4v) is 1.57. The predicted molar refractivity (Wildman–Crippen MR) is 40.8 cm³/mol. The minimum absolute atomic E-state index is 0.0298. The van der Waals surface area contributed by atoms with Crippen LogP contribution in [0.2, 0.25) is 0 Å². The van der Waals surface area contributed by atoms with Crippen LogP contribution in [0, 0.1) is 5.92 Å². The molecule has 1 aliphatic heterocycles. The molecule has 0 spiro atoms. The van der Waals surface area contributed by atoms with E-state index in [0.717, 1.165) is 0 Å². The van der Waals surface area contributed by atoms with Gasteiger partial charge in [0.25, 0.3) is 5.92 Å². The second-order valence-corrected chi connectivity index (χ2v) is 3.38. The smallest absolute Gasteiger partial charge is 0.253 e. The van der Waals surface area contributed by atoms with E-state index in [9.17, 15) is 8.78 Å². The molecule has 11 heavy (non-hydrogen) atoms. The van der Waals surface area contributed by atoms with Gasteiger partial charge in [-0.2, -0.15) is 0 Å². The van der Waals surface area contributed by atoms with Crippen LogP contribution in [0.4, 0.5) is 8.78 Å². The first-order valence-corrected chi connectivity index (χ1v) is 4.12. The van der Waals surface area contributed by atoms with Gasteiger partial charge in [0.1, 0.15) is 0 Å².